The standard InChI is InChI=1S/C20H20N6O/c1-27-18-7-6-17-22-23-19(26(17)24-18)15-9-12-25(13-10-15)20-16-5-3-2-4-14(16)8-11-21-20/h2-8,11,15H,9-10,12-13H2,1H3. The normalized spacial score (nSPS) is 15.5. The van der Waals surface area contributed by atoms with E-state index in [1.165, 1.54) is 10.8 Å². The van der Waals surface area contributed by atoms with Gasteiger partial charge in [0.05, 0.1) is 7.11 Å². The smallest absolute Gasteiger partial charge is 0.231 e. The zero-order valence-corrected chi connectivity index (χ0v) is 15.1. The van der Waals surface area contributed by atoms with Gasteiger partial charge in [-0.1, -0.05) is 24.3 Å². The Morgan fingerprint density at radius 3 is 2.70 bits per heavy atom. The lowest BCUT2D eigenvalue weighted by atomic mass is 9.96. The highest BCUT2D eigenvalue weighted by atomic mass is 16.5. The van der Waals surface area contributed by atoms with Crippen LogP contribution >= 0.6 is 0 Å². The van der Waals surface area contributed by atoms with Crippen molar-refractivity contribution in [1.29, 1.82) is 0 Å². The number of hydrogen-bond acceptors (Lipinski definition) is 6. The first-order valence-corrected chi connectivity index (χ1v) is 9.18. The zero-order chi connectivity index (χ0) is 18.2. The van der Waals surface area contributed by atoms with Gasteiger partial charge in [0.2, 0.25) is 5.88 Å². The van der Waals surface area contributed by atoms with E-state index >= 15 is 0 Å². The van der Waals surface area contributed by atoms with E-state index in [0.29, 0.717) is 11.8 Å². The Balaban J connectivity index is 1.40. The second kappa shape index (κ2) is 6.50. The SMILES string of the molecule is COc1ccc2nnc(C3CCN(c4nccc5ccccc45)CC3)n2n1. The van der Waals surface area contributed by atoms with Crippen molar-refractivity contribution in [2.24, 2.45) is 0 Å². The van der Waals surface area contributed by atoms with Crippen molar-refractivity contribution in [1.82, 2.24) is 24.8 Å². The van der Waals surface area contributed by atoms with Gasteiger partial charge in [-0.3, -0.25) is 0 Å². The minimum atomic E-state index is 0.325. The van der Waals surface area contributed by atoms with Crippen molar-refractivity contribution in [3.8, 4) is 5.88 Å². The van der Waals surface area contributed by atoms with Crippen LogP contribution in [0, 0.1) is 0 Å². The summed E-state index contributed by atoms with van der Waals surface area (Å²) in [6.07, 6.45) is 3.88. The summed E-state index contributed by atoms with van der Waals surface area (Å²) in [6.45, 7) is 1.87. The second-order valence-corrected chi connectivity index (χ2v) is 6.82. The molecule has 0 radical (unpaired) electrons. The topological polar surface area (TPSA) is 68.4 Å². The Kier molecular flexibility index (Phi) is 3.85. The molecule has 1 fully saturated rings. The van der Waals surface area contributed by atoms with Crippen LogP contribution in [0.4, 0.5) is 5.82 Å². The number of pyridine rings is 1. The fourth-order valence-electron chi connectivity index (χ4n) is 3.86. The zero-order valence-electron chi connectivity index (χ0n) is 15.1. The van der Waals surface area contributed by atoms with Gasteiger partial charge in [0.15, 0.2) is 11.5 Å². The molecule has 1 aliphatic rings. The van der Waals surface area contributed by atoms with Crippen LogP contribution in [0.3, 0.4) is 0 Å². The highest BCUT2D eigenvalue weighted by molar-refractivity contribution is 5.92. The Labute approximate surface area is 156 Å². The maximum atomic E-state index is 5.25. The molecule has 0 aliphatic carbocycles. The molecule has 27 heavy (non-hydrogen) atoms. The molecule has 0 atom stereocenters. The van der Waals surface area contributed by atoms with Crippen LogP contribution < -0.4 is 9.64 Å². The largest absolute Gasteiger partial charge is 0.480 e. The Morgan fingerprint density at radius 1 is 1.00 bits per heavy atom. The summed E-state index contributed by atoms with van der Waals surface area (Å²) in [5, 5.41) is 15.6. The first-order valence-electron chi connectivity index (χ1n) is 9.18. The predicted octanol–water partition coefficient (Wildman–Crippen LogP) is 3.07. The molecule has 4 aromatic rings. The van der Waals surface area contributed by atoms with Crippen LogP contribution in [0.15, 0.2) is 48.7 Å². The quantitative estimate of drug-likeness (QED) is 0.559. The van der Waals surface area contributed by atoms with Crippen molar-refractivity contribution in [3.05, 3.63) is 54.5 Å². The van der Waals surface area contributed by atoms with Crippen molar-refractivity contribution < 1.29 is 4.74 Å². The third-order valence-electron chi connectivity index (χ3n) is 5.28. The van der Waals surface area contributed by atoms with Gasteiger partial charge in [0.1, 0.15) is 5.82 Å². The van der Waals surface area contributed by atoms with Crippen LogP contribution in [0.25, 0.3) is 16.4 Å². The molecule has 0 N–H and O–H groups in total. The molecule has 0 bridgehead atoms. The molecule has 0 amide bonds. The van der Waals surface area contributed by atoms with E-state index in [4.69, 9.17) is 4.74 Å². The molecular weight excluding hydrogens is 340 g/mol. The maximum Gasteiger partial charge on any atom is 0.231 e. The van der Waals surface area contributed by atoms with E-state index in [-0.39, 0.29) is 0 Å². The minimum Gasteiger partial charge on any atom is -0.480 e. The lowest BCUT2D eigenvalue weighted by Crippen LogP contribution is -2.34. The number of piperidine rings is 1. The predicted molar refractivity (Wildman–Crippen MR) is 103 cm³/mol. The molecular formula is C20H20N6O. The molecule has 4 heterocycles. The van der Waals surface area contributed by atoms with E-state index in [1.807, 2.05) is 22.8 Å². The van der Waals surface area contributed by atoms with Crippen LogP contribution in [-0.4, -0.2) is 45.0 Å². The van der Waals surface area contributed by atoms with E-state index in [1.54, 1.807) is 7.11 Å². The van der Waals surface area contributed by atoms with Gasteiger partial charge < -0.3 is 9.64 Å². The third kappa shape index (κ3) is 2.75. The fourth-order valence-corrected chi connectivity index (χ4v) is 3.86. The maximum absolute atomic E-state index is 5.25. The first-order chi connectivity index (χ1) is 13.3. The highest BCUT2D eigenvalue weighted by Gasteiger charge is 2.26. The van der Waals surface area contributed by atoms with Crippen LogP contribution in [0.5, 0.6) is 5.88 Å². The second-order valence-electron chi connectivity index (χ2n) is 6.82. The number of aromatic nitrogens is 5. The lowest BCUT2D eigenvalue weighted by molar-refractivity contribution is 0.387. The van der Waals surface area contributed by atoms with Crippen LogP contribution in [-0.2, 0) is 0 Å². The van der Waals surface area contributed by atoms with Crippen LogP contribution in [0.2, 0.25) is 0 Å². The molecule has 0 saturated carbocycles. The number of methoxy groups -OCH3 is 1. The van der Waals surface area contributed by atoms with E-state index in [0.717, 1.165) is 43.2 Å². The summed E-state index contributed by atoms with van der Waals surface area (Å²) < 4.78 is 7.06. The first kappa shape index (κ1) is 16.0. The molecule has 1 saturated heterocycles. The molecule has 0 spiro atoms. The Hall–Kier alpha value is -3.22. The highest BCUT2D eigenvalue weighted by Crippen LogP contribution is 2.32. The van der Waals surface area contributed by atoms with Gasteiger partial charge in [-0.2, -0.15) is 4.52 Å². The number of ether oxygens (including phenoxy) is 1. The van der Waals surface area contributed by atoms with E-state index in [9.17, 15) is 0 Å². The number of fused-ring (bicyclic) bond motifs is 2. The molecule has 7 heteroatoms. The number of anilines is 1. The number of hydrogen-bond donors (Lipinski definition) is 0. The fraction of sp³-hybridized carbons (Fsp3) is 0.300. The van der Waals surface area contributed by atoms with Gasteiger partial charge in [-0.25, -0.2) is 4.98 Å². The molecule has 5 rings (SSSR count). The summed E-state index contributed by atoms with van der Waals surface area (Å²) in [7, 11) is 1.62. The van der Waals surface area contributed by atoms with Crippen molar-refractivity contribution in [2.75, 3.05) is 25.1 Å². The number of benzene rings is 1. The van der Waals surface area contributed by atoms with Crippen molar-refractivity contribution >= 4 is 22.2 Å². The molecule has 0 unspecified atom stereocenters. The molecule has 1 aliphatic heterocycles. The van der Waals surface area contributed by atoms with Gasteiger partial charge >= 0.3 is 0 Å². The number of rotatable bonds is 3. The number of nitrogens with zero attached hydrogens (tertiary/aromatic N) is 6. The summed E-state index contributed by atoms with van der Waals surface area (Å²) in [5.41, 5.74) is 0.754. The molecule has 1 aromatic carbocycles. The van der Waals surface area contributed by atoms with Gasteiger partial charge in [0.25, 0.3) is 0 Å². The molecule has 7 nitrogen and oxygen atoms in total. The monoisotopic (exact) mass is 360 g/mol. The third-order valence-corrected chi connectivity index (χ3v) is 5.28. The lowest BCUT2D eigenvalue weighted by Gasteiger charge is -2.32. The van der Waals surface area contributed by atoms with Crippen molar-refractivity contribution in [3.63, 3.8) is 0 Å². The summed E-state index contributed by atoms with van der Waals surface area (Å²) in [4.78, 5) is 7.03. The summed E-state index contributed by atoms with van der Waals surface area (Å²) >= 11 is 0. The van der Waals surface area contributed by atoms with Crippen LogP contribution in [0.1, 0.15) is 24.6 Å². The average molecular weight is 360 g/mol. The summed E-state index contributed by atoms with van der Waals surface area (Å²) in [5.74, 6) is 2.87. The molecule has 136 valence electrons. The van der Waals surface area contributed by atoms with E-state index < -0.39 is 0 Å². The minimum absolute atomic E-state index is 0.325. The van der Waals surface area contributed by atoms with Crippen molar-refractivity contribution in [2.45, 2.75) is 18.8 Å². The Bertz CT molecular complexity index is 1090. The van der Waals surface area contributed by atoms with Gasteiger partial charge in [-0.15, -0.1) is 15.3 Å². The van der Waals surface area contributed by atoms with Gasteiger partial charge in [-0.05, 0) is 30.4 Å². The Morgan fingerprint density at radius 2 is 1.85 bits per heavy atom. The van der Waals surface area contributed by atoms with E-state index in [2.05, 4.69) is 55.5 Å². The summed E-state index contributed by atoms with van der Waals surface area (Å²) in [6, 6.07) is 14.2. The molecule has 3 aromatic heterocycles. The van der Waals surface area contributed by atoms with Gasteiger partial charge in [0, 0.05) is 36.7 Å². The average Bonchev–Trinajstić information content (AvgIpc) is 3.16.